The van der Waals surface area contributed by atoms with Gasteiger partial charge in [-0.2, -0.15) is 21.6 Å². The van der Waals surface area contributed by atoms with Gasteiger partial charge < -0.3 is 4.18 Å². The van der Waals surface area contributed by atoms with Crippen molar-refractivity contribution in [2.24, 2.45) is 11.8 Å². The molecule has 0 spiro atoms. The van der Waals surface area contributed by atoms with Crippen LogP contribution in [0.15, 0.2) is 72.8 Å². The highest BCUT2D eigenvalue weighted by atomic mass is 32.2. The molecule has 8 heteroatoms. The molecule has 0 atom stereocenters. The van der Waals surface area contributed by atoms with E-state index in [9.17, 15) is 21.6 Å². The van der Waals surface area contributed by atoms with Gasteiger partial charge in [-0.3, -0.25) is 0 Å². The van der Waals surface area contributed by atoms with Crippen LogP contribution in [0.3, 0.4) is 0 Å². The third kappa shape index (κ3) is 5.78. The van der Waals surface area contributed by atoms with Crippen LogP contribution in [0, 0.1) is 11.8 Å². The maximum Gasteiger partial charge on any atom is 0.534 e. The van der Waals surface area contributed by atoms with E-state index in [1.807, 2.05) is 42.5 Å². The first-order valence-electron chi connectivity index (χ1n) is 12.2. The van der Waals surface area contributed by atoms with E-state index >= 15 is 0 Å². The molecule has 0 aliphatic rings. The maximum absolute atomic E-state index is 13.4. The molecule has 0 aliphatic heterocycles. The van der Waals surface area contributed by atoms with Crippen LogP contribution < -0.4 is 9.49 Å². The van der Waals surface area contributed by atoms with Gasteiger partial charge in [-0.15, -0.1) is 0 Å². The van der Waals surface area contributed by atoms with Gasteiger partial charge in [0, 0.05) is 11.1 Å². The highest BCUT2D eigenvalue weighted by molar-refractivity contribution is 7.88. The lowest BCUT2D eigenvalue weighted by molar-refractivity contribution is -0.0499. The number of benzene rings is 4. The Hall–Kier alpha value is -2.63. The van der Waals surface area contributed by atoms with Crippen LogP contribution in [0.5, 0.6) is 5.75 Å². The molecule has 0 aromatic heterocycles. The van der Waals surface area contributed by atoms with E-state index in [-0.39, 0.29) is 5.75 Å². The number of fused-ring (bicyclic) bond motifs is 2. The van der Waals surface area contributed by atoms with Gasteiger partial charge >= 0.3 is 15.6 Å². The Labute approximate surface area is 217 Å². The van der Waals surface area contributed by atoms with E-state index in [4.69, 9.17) is 4.18 Å². The van der Waals surface area contributed by atoms with Crippen molar-refractivity contribution in [3.8, 4) is 16.9 Å². The molecule has 0 radical (unpaired) electrons. The minimum atomic E-state index is -5.87. The van der Waals surface area contributed by atoms with Gasteiger partial charge in [0.15, 0.2) is 5.75 Å². The fraction of sp³-hybridized carbons (Fsp3) is 0.310. The Morgan fingerprint density at radius 1 is 0.730 bits per heavy atom. The summed E-state index contributed by atoms with van der Waals surface area (Å²) in [7, 11) is -6.57. The predicted molar refractivity (Wildman–Crippen MR) is 148 cm³/mol. The van der Waals surface area contributed by atoms with Crippen LogP contribution >= 0.6 is 7.92 Å². The largest absolute Gasteiger partial charge is 0.534 e. The molecule has 0 bridgehead atoms. The molecule has 4 rings (SSSR count). The Morgan fingerprint density at radius 3 is 1.73 bits per heavy atom. The third-order valence-corrected chi connectivity index (χ3v) is 10.4. The molecule has 0 saturated carbocycles. The van der Waals surface area contributed by atoms with Crippen molar-refractivity contribution in [3.63, 3.8) is 0 Å². The Bertz CT molecular complexity index is 1520. The van der Waals surface area contributed by atoms with Crippen molar-refractivity contribution in [1.29, 1.82) is 0 Å². The molecule has 0 unspecified atom stereocenters. The number of alkyl halides is 3. The molecular weight excluding hydrogens is 516 g/mol. The van der Waals surface area contributed by atoms with Crippen LogP contribution in [-0.4, -0.2) is 26.2 Å². The topological polar surface area (TPSA) is 43.4 Å². The van der Waals surface area contributed by atoms with Crippen LogP contribution in [0.2, 0.25) is 0 Å². The molecule has 37 heavy (non-hydrogen) atoms. The van der Waals surface area contributed by atoms with Crippen LogP contribution in [0.4, 0.5) is 13.2 Å². The molecule has 3 nitrogen and oxygen atoms in total. The Morgan fingerprint density at radius 2 is 1.22 bits per heavy atom. The minimum absolute atomic E-state index is 0.322. The smallest absolute Gasteiger partial charge is 0.375 e. The summed E-state index contributed by atoms with van der Waals surface area (Å²) in [5, 5.41) is 4.24. The molecule has 4 aromatic carbocycles. The number of hydrogen-bond acceptors (Lipinski definition) is 3. The summed E-state index contributed by atoms with van der Waals surface area (Å²) < 4.78 is 69.4. The fourth-order valence-corrected chi connectivity index (χ4v) is 8.29. The molecule has 0 saturated heterocycles. The summed E-state index contributed by atoms with van der Waals surface area (Å²) in [5.74, 6) is 0.508. The second-order valence-electron chi connectivity index (χ2n) is 10.0. The SMILES string of the molecule is CC(C)CP(CC(C)C)c1ccc2ccccc2c1-c1c(OS(=O)(=O)C(F)(F)F)ccc2ccccc12. The quantitative estimate of drug-likeness (QED) is 0.127. The van der Waals surface area contributed by atoms with Gasteiger partial charge in [0.2, 0.25) is 0 Å². The lowest BCUT2D eigenvalue weighted by Gasteiger charge is -2.27. The highest BCUT2D eigenvalue weighted by Gasteiger charge is 2.49. The molecule has 196 valence electrons. The number of hydrogen-bond donors (Lipinski definition) is 0. The van der Waals surface area contributed by atoms with Crippen molar-refractivity contribution in [2.45, 2.75) is 33.2 Å². The van der Waals surface area contributed by atoms with Gasteiger partial charge in [0.25, 0.3) is 0 Å². The Balaban J connectivity index is 2.12. The van der Waals surface area contributed by atoms with Crippen molar-refractivity contribution >= 4 is 44.9 Å². The molecule has 0 N–H and O–H groups in total. The molecule has 0 amide bonds. The lowest BCUT2D eigenvalue weighted by Crippen LogP contribution is -2.28. The van der Waals surface area contributed by atoms with E-state index in [2.05, 4.69) is 33.8 Å². The zero-order valence-corrected chi connectivity index (χ0v) is 22.9. The van der Waals surface area contributed by atoms with Crippen LogP contribution in [0.1, 0.15) is 27.7 Å². The van der Waals surface area contributed by atoms with E-state index in [0.29, 0.717) is 22.8 Å². The minimum Gasteiger partial charge on any atom is -0.375 e. The second-order valence-corrected chi connectivity index (χ2v) is 13.8. The normalized spacial score (nSPS) is 12.8. The zero-order valence-electron chi connectivity index (χ0n) is 21.2. The monoisotopic (exact) mass is 546 g/mol. The predicted octanol–water partition coefficient (Wildman–Crippen LogP) is 8.31. The lowest BCUT2D eigenvalue weighted by atomic mass is 9.93. The van der Waals surface area contributed by atoms with E-state index < -0.39 is 23.5 Å². The third-order valence-electron chi connectivity index (χ3n) is 6.04. The van der Waals surface area contributed by atoms with Crippen LogP contribution in [0.25, 0.3) is 32.7 Å². The standard InChI is InChI=1S/C29H30F3O3PS/c1-19(2)17-36(18-20(3)4)26-16-14-22-10-6-8-12-24(22)28(26)27-23-11-7-5-9-21(23)13-15-25(27)35-37(33,34)29(30,31)32/h5-16,19-20H,17-18H2,1-4H3. The molecule has 0 heterocycles. The van der Waals surface area contributed by atoms with Crippen molar-refractivity contribution in [2.75, 3.05) is 12.3 Å². The molecule has 0 fully saturated rings. The highest BCUT2D eigenvalue weighted by Crippen LogP contribution is 2.48. The average Bonchev–Trinajstić information content (AvgIpc) is 2.81. The van der Waals surface area contributed by atoms with Gasteiger partial charge in [-0.05, 0) is 57.1 Å². The molecular formula is C29H30F3O3PS. The second kappa shape index (κ2) is 10.6. The summed E-state index contributed by atoms with van der Waals surface area (Å²) in [6.45, 7) is 8.66. The van der Waals surface area contributed by atoms with Gasteiger partial charge in [0.05, 0.1) is 0 Å². The van der Waals surface area contributed by atoms with Crippen molar-refractivity contribution < 1.29 is 25.8 Å². The van der Waals surface area contributed by atoms with Gasteiger partial charge in [-0.25, -0.2) is 0 Å². The van der Waals surface area contributed by atoms with Crippen LogP contribution in [-0.2, 0) is 10.1 Å². The molecule has 0 aliphatic carbocycles. The summed E-state index contributed by atoms with van der Waals surface area (Å²) in [5.41, 5.74) is -4.42. The Kier molecular flexibility index (Phi) is 7.87. The first-order chi connectivity index (χ1) is 17.4. The first kappa shape index (κ1) is 27.4. The number of halogens is 3. The van der Waals surface area contributed by atoms with E-state index in [0.717, 1.165) is 39.4 Å². The van der Waals surface area contributed by atoms with Crippen molar-refractivity contribution in [1.82, 2.24) is 0 Å². The van der Waals surface area contributed by atoms with Gasteiger partial charge in [-0.1, -0.05) is 102 Å². The van der Waals surface area contributed by atoms with E-state index in [1.165, 1.54) is 6.07 Å². The first-order valence-corrected chi connectivity index (χ1v) is 15.3. The number of rotatable bonds is 8. The summed E-state index contributed by atoms with van der Waals surface area (Å²) >= 11 is 0. The maximum atomic E-state index is 13.4. The molecule has 4 aromatic rings. The van der Waals surface area contributed by atoms with E-state index in [1.54, 1.807) is 18.2 Å². The summed E-state index contributed by atoms with van der Waals surface area (Å²) in [4.78, 5) is 0. The summed E-state index contributed by atoms with van der Waals surface area (Å²) in [6.07, 6.45) is 1.89. The average molecular weight is 547 g/mol. The van der Waals surface area contributed by atoms with Gasteiger partial charge in [0.1, 0.15) is 0 Å². The summed E-state index contributed by atoms with van der Waals surface area (Å²) in [6, 6.07) is 22.0. The zero-order chi connectivity index (χ0) is 27.0. The fourth-order valence-electron chi connectivity index (χ4n) is 4.68. The van der Waals surface area contributed by atoms with Crippen molar-refractivity contribution in [3.05, 3.63) is 72.8 Å².